The molecule has 0 atom stereocenters. The zero-order chi connectivity index (χ0) is 10.1. The Bertz CT molecular complexity index is 462. The van der Waals surface area contributed by atoms with E-state index in [1.165, 1.54) is 7.11 Å². The summed E-state index contributed by atoms with van der Waals surface area (Å²) in [5, 5.41) is 21.6. The van der Waals surface area contributed by atoms with Crippen LogP contribution in [-0.4, -0.2) is 17.3 Å². The number of methoxy groups -OCH3 is 1. The molecule has 0 bridgehead atoms. The minimum atomic E-state index is -0.184. The van der Waals surface area contributed by atoms with Crippen molar-refractivity contribution in [2.45, 2.75) is 6.61 Å². The number of hydrogen-bond donors (Lipinski definition) is 2. The second-order valence-electron chi connectivity index (χ2n) is 2.91. The number of thiophene rings is 1. The molecule has 0 saturated carbocycles. The van der Waals surface area contributed by atoms with Crippen LogP contribution in [-0.2, 0) is 6.61 Å². The molecule has 0 aliphatic rings. The first-order valence-electron chi connectivity index (χ1n) is 4.14. The van der Waals surface area contributed by atoms with Crippen molar-refractivity contribution in [3.05, 3.63) is 23.1 Å². The first-order valence-corrected chi connectivity index (χ1v) is 5.02. The van der Waals surface area contributed by atoms with Gasteiger partial charge in [0.25, 0.3) is 0 Å². The Morgan fingerprint density at radius 1 is 1.50 bits per heavy atom. The maximum absolute atomic E-state index is 9.72. The van der Waals surface area contributed by atoms with Gasteiger partial charge < -0.3 is 14.9 Å². The lowest BCUT2D eigenvalue weighted by atomic mass is 10.1. The highest BCUT2D eigenvalue weighted by molar-refractivity contribution is 7.17. The SMILES string of the molecule is COc1c(O)c(CO)cc2sccc12. The molecule has 1 aromatic heterocycles. The van der Waals surface area contributed by atoms with E-state index in [1.54, 1.807) is 17.4 Å². The predicted molar refractivity (Wildman–Crippen MR) is 56.0 cm³/mol. The van der Waals surface area contributed by atoms with Crippen LogP contribution in [0.1, 0.15) is 5.56 Å². The van der Waals surface area contributed by atoms with Crippen molar-refractivity contribution in [3.63, 3.8) is 0 Å². The largest absolute Gasteiger partial charge is 0.504 e. The molecule has 2 rings (SSSR count). The first-order chi connectivity index (χ1) is 6.77. The predicted octanol–water partition coefficient (Wildman–Crippen LogP) is 2.11. The zero-order valence-electron chi connectivity index (χ0n) is 7.65. The summed E-state index contributed by atoms with van der Waals surface area (Å²) in [4.78, 5) is 0. The summed E-state index contributed by atoms with van der Waals surface area (Å²) in [7, 11) is 1.51. The summed E-state index contributed by atoms with van der Waals surface area (Å²) in [5.41, 5.74) is 0.497. The molecule has 1 aromatic carbocycles. The average molecular weight is 210 g/mol. The topological polar surface area (TPSA) is 49.7 Å². The number of fused-ring (bicyclic) bond motifs is 1. The number of aliphatic hydroxyl groups is 1. The van der Waals surface area contributed by atoms with Gasteiger partial charge in [0.05, 0.1) is 13.7 Å². The Balaban J connectivity index is 2.80. The number of phenols is 1. The van der Waals surface area contributed by atoms with Crippen LogP contribution in [0.4, 0.5) is 0 Å². The van der Waals surface area contributed by atoms with Gasteiger partial charge in [0.15, 0.2) is 11.5 Å². The van der Waals surface area contributed by atoms with E-state index in [2.05, 4.69) is 0 Å². The van der Waals surface area contributed by atoms with Crippen LogP contribution in [0.3, 0.4) is 0 Å². The van der Waals surface area contributed by atoms with E-state index >= 15 is 0 Å². The molecule has 4 heteroatoms. The number of aromatic hydroxyl groups is 1. The molecule has 0 spiro atoms. The molecule has 0 fully saturated rings. The number of benzene rings is 1. The molecule has 0 amide bonds. The summed E-state index contributed by atoms with van der Waals surface area (Å²) >= 11 is 1.55. The van der Waals surface area contributed by atoms with Crippen LogP contribution < -0.4 is 4.74 Å². The molecular weight excluding hydrogens is 200 g/mol. The van der Waals surface area contributed by atoms with E-state index < -0.39 is 0 Å². The highest BCUT2D eigenvalue weighted by Crippen LogP contribution is 2.40. The molecule has 3 nitrogen and oxygen atoms in total. The van der Waals surface area contributed by atoms with E-state index in [0.29, 0.717) is 11.3 Å². The lowest BCUT2D eigenvalue weighted by molar-refractivity contribution is 0.273. The van der Waals surface area contributed by atoms with Crippen molar-refractivity contribution in [1.82, 2.24) is 0 Å². The van der Waals surface area contributed by atoms with Gasteiger partial charge in [0.2, 0.25) is 0 Å². The molecule has 0 aliphatic heterocycles. The Kier molecular flexibility index (Phi) is 2.31. The van der Waals surface area contributed by atoms with E-state index in [4.69, 9.17) is 9.84 Å². The third kappa shape index (κ3) is 1.23. The van der Waals surface area contributed by atoms with Crippen LogP contribution in [0.5, 0.6) is 11.5 Å². The summed E-state index contributed by atoms with van der Waals surface area (Å²) in [5.74, 6) is 0.466. The highest BCUT2D eigenvalue weighted by atomic mass is 32.1. The van der Waals surface area contributed by atoms with Crippen molar-refractivity contribution in [1.29, 1.82) is 0 Å². The number of ether oxygens (including phenoxy) is 1. The number of hydrogen-bond acceptors (Lipinski definition) is 4. The van der Waals surface area contributed by atoms with Crippen molar-refractivity contribution >= 4 is 21.4 Å². The maximum Gasteiger partial charge on any atom is 0.169 e. The second-order valence-corrected chi connectivity index (χ2v) is 3.86. The van der Waals surface area contributed by atoms with E-state index in [-0.39, 0.29) is 12.4 Å². The van der Waals surface area contributed by atoms with Crippen LogP contribution in [0.25, 0.3) is 10.1 Å². The monoisotopic (exact) mass is 210 g/mol. The van der Waals surface area contributed by atoms with Crippen LogP contribution >= 0.6 is 11.3 Å². The minimum Gasteiger partial charge on any atom is -0.504 e. The maximum atomic E-state index is 9.72. The summed E-state index contributed by atoms with van der Waals surface area (Å²) in [6.07, 6.45) is 0. The molecule has 2 N–H and O–H groups in total. The van der Waals surface area contributed by atoms with Crippen molar-refractivity contribution < 1.29 is 14.9 Å². The third-order valence-corrected chi connectivity index (χ3v) is 3.00. The molecular formula is C10H10O3S. The average Bonchev–Trinajstić information content (AvgIpc) is 2.64. The zero-order valence-corrected chi connectivity index (χ0v) is 8.47. The number of rotatable bonds is 2. The Morgan fingerprint density at radius 2 is 2.29 bits per heavy atom. The fraction of sp³-hybridized carbons (Fsp3) is 0.200. The van der Waals surface area contributed by atoms with Crippen LogP contribution in [0.15, 0.2) is 17.5 Å². The van der Waals surface area contributed by atoms with Crippen LogP contribution in [0, 0.1) is 0 Å². The Morgan fingerprint density at radius 3 is 2.93 bits per heavy atom. The fourth-order valence-corrected chi connectivity index (χ4v) is 2.30. The molecule has 14 heavy (non-hydrogen) atoms. The van der Waals surface area contributed by atoms with Gasteiger partial charge in [-0.1, -0.05) is 0 Å². The molecule has 0 radical (unpaired) electrons. The van der Waals surface area contributed by atoms with Gasteiger partial charge in [0.1, 0.15) is 0 Å². The summed E-state index contributed by atoms with van der Waals surface area (Å²) in [6, 6.07) is 3.66. The molecule has 74 valence electrons. The Labute approximate surface area is 85.2 Å². The summed E-state index contributed by atoms with van der Waals surface area (Å²) < 4.78 is 6.11. The van der Waals surface area contributed by atoms with E-state index in [0.717, 1.165) is 10.1 Å². The van der Waals surface area contributed by atoms with Gasteiger partial charge in [-0.2, -0.15) is 0 Å². The summed E-state index contributed by atoms with van der Waals surface area (Å²) in [6.45, 7) is -0.184. The van der Waals surface area contributed by atoms with Gasteiger partial charge in [0, 0.05) is 15.6 Å². The third-order valence-electron chi connectivity index (χ3n) is 2.14. The van der Waals surface area contributed by atoms with Crippen molar-refractivity contribution in [2.75, 3.05) is 7.11 Å². The smallest absolute Gasteiger partial charge is 0.169 e. The van der Waals surface area contributed by atoms with E-state index in [1.807, 2.05) is 11.4 Å². The van der Waals surface area contributed by atoms with Crippen molar-refractivity contribution in [3.8, 4) is 11.5 Å². The quantitative estimate of drug-likeness (QED) is 0.798. The second kappa shape index (κ2) is 3.48. The molecule has 2 aromatic rings. The number of aliphatic hydroxyl groups excluding tert-OH is 1. The van der Waals surface area contributed by atoms with Crippen LogP contribution in [0.2, 0.25) is 0 Å². The van der Waals surface area contributed by atoms with Gasteiger partial charge in [-0.3, -0.25) is 0 Å². The lowest BCUT2D eigenvalue weighted by Crippen LogP contribution is -1.90. The van der Waals surface area contributed by atoms with Gasteiger partial charge >= 0.3 is 0 Å². The normalized spacial score (nSPS) is 10.7. The molecule has 1 heterocycles. The molecule has 0 unspecified atom stereocenters. The molecule has 0 aliphatic carbocycles. The van der Waals surface area contributed by atoms with Gasteiger partial charge in [-0.25, -0.2) is 0 Å². The highest BCUT2D eigenvalue weighted by Gasteiger charge is 2.12. The lowest BCUT2D eigenvalue weighted by Gasteiger charge is -2.08. The Hall–Kier alpha value is -1.26. The van der Waals surface area contributed by atoms with Gasteiger partial charge in [-0.15, -0.1) is 11.3 Å². The van der Waals surface area contributed by atoms with Gasteiger partial charge in [-0.05, 0) is 17.5 Å². The first kappa shape index (κ1) is 9.30. The van der Waals surface area contributed by atoms with Crippen molar-refractivity contribution in [2.24, 2.45) is 0 Å². The standard InChI is InChI=1S/C10H10O3S/c1-13-10-7-2-3-14-8(7)4-6(5-11)9(10)12/h2-4,11-12H,5H2,1H3. The molecule has 0 saturated heterocycles. The minimum absolute atomic E-state index is 0.0286. The fourth-order valence-electron chi connectivity index (χ4n) is 1.45. The van der Waals surface area contributed by atoms with E-state index in [9.17, 15) is 5.11 Å².